The number of amides is 2. The Bertz CT molecular complexity index is 307. The first kappa shape index (κ1) is 12.2. The van der Waals surface area contributed by atoms with Gasteiger partial charge in [0.15, 0.2) is 6.10 Å². The normalized spacial score (nSPS) is 26.3. The molecule has 1 saturated carbocycles. The van der Waals surface area contributed by atoms with E-state index in [2.05, 4.69) is 5.32 Å². The summed E-state index contributed by atoms with van der Waals surface area (Å²) in [4.78, 5) is 13.7. The van der Waals surface area contributed by atoms with Crippen molar-refractivity contribution in [3.05, 3.63) is 0 Å². The van der Waals surface area contributed by atoms with Gasteiger partial charge in [-0.25, -0.2) is 4.79 Å². The highest BCUT2D eigenvalue weighted by atomic mass is 16.5. The summed E-state index contributed by atoms with van der Waals surface area (Å²) in [5.41, 5.74) is 0. The third kappa shape index (κ3) is 3.34. The van der Waals surface area contributed by atoms with E-state index in [0.717, 1.165) is 12.8 Å². The fraction of sp³-hybridized carbons (Fsp3) is 0.833. The smallest absolute Gasteiger partial charge is 0.317 e. The molecule has 0 spiro atoms. The van der Waals surface area contributed by atoms with E-state index < -0.39 is 6.10 Å². The summed E-state index contributed by atoms with van der Waals surface area (Å²) in [6.45, 7) is 1.42. The van der Waals surface area contributed by atoms with Gasteiger partial charge in [0.25, 0.3) is 0 Å². The van der Waals surface area contributed by atoms with E-state index in [9.17, 15) is 4.79 Å². The molecule has 1 aliphatic heterocycles. The monoisotopic (exact) mass is 237 g/mol. The van der Waals surface area contributed by atoms with Crippen LogP contribution in [0.1, 0.15) is 32.1 Å². The highest BCUT2D eigenvalue weighted by Gasteiger charge is 2.25. The molecule has 0 radical (unpaired) electrons. The second-order valence-electron chi connectivity index (χ2n) is 4.72. The number of hydrogen-bond donors (Lipinski definition) is 1. The number of nitrogens with zero attached hydrogens (tertiary/aromatic N) is 2. The van der Waals surface area contributed by atoms with Crippen molar-refractivity contribution >= 4 is 6.03 Å². The topological polar surface area (TPSA) is 65.4 Å². The maximum Gasteiger partial charge on any atom is 0.317 e. The highest BCUT2D eigenvalue weighted by molar-refractivity contribution is 5.74. The third-order valence-corrected chi connectivity index (χ3v) is 3.43. The lowest BCUT2D eigenvalue weighted by atomic mass is 9.96. The summed E-state index contributed by atoms with van der Waals surface area (Å²) < 4.78 is 5.21. The minimum absolute atomic E-state index is 0.0412. The van der Waals surface area contributed by atoms with Crippen LogP contribution in [0.2, 0.25) is 0 Å². The zero-order chi connectivity index (χ0) is 12.1. The van der Waals surface area contributed by atoms with Gasteiger partial charge in [0, 0.05) is 12.6 Å². The molecular formula is C12H19N3O2. The quantitative estimate of drug-likeness (QED) is 0.746. The van der Waals surface area contributed by atoms with E-state index >= 15 is 0 Å². The van der Waals surface area contributed by atoms with Crippen LogP contribution in [-0.2, 0) is 4.74 Å². The van der Waals surface area contributed by atoms with Crippen LogP contribution in [0.3, 0.4) is 0 Å². The van der Waals surface area contributed by atoms with Crippen molar-refractivity contribution in [2.75, 3.05) is 19.7 Å². The van der Waals surface area contributed by atoms with Gasteiger partial charge in [0.2, 0.25) is 0 Å². The van der Waals surface area contributed by atoms with Gasteiger partial charge in [-0.1, -0.05) is 19.3 Å². The molecule has 0 aromatic carbocycles. The molecule has 0 aromatic heterocycles. The zero-order valence-electron chi connectivity index (χ0n) is 10.0. The van der Waals surface area contributed by atoms with Gasteiger partial charge >= 0.3 is 6.03 Å². The molecule has 2 aliphatic rings. The molecule has 1 N–H and O–H groups in total. The van der Waals surface area contributed by atoms with Crippen LogP contribution in [0.15, 0.2) is 0 Å². The molecule has 94 valence electrons. The molecule has 2 fully saturated rings. The van der Waals surface area contributed by atoms with E-state index in [-0.39, 0.29) is 6.03 Å². The van der Waals surface area contributed by atoms with Crippen molar-refractivity contribution in [1.82, 2.24) is 10.2 Å². The van der Waals surface area contributed by atoms with Gasteiger partial charge in [-0.05, 0) is 12.8 Å². The van der Waals surface area contributed by atoms with E-state index in [1.807, 2.05) is 6.07 Å². The van der Waals surface area contributed by atoms with Crippen molar-refractivity contribution in [1.29, 1.82) is 5.26 Å². The molecule has 5 heteroatoms. The summed E-state index contributed by atoms with van der Waals surface area (Å²) >= 11 is 0. The van der Waals surface area contributed by atoms with Gasteiger partial charge in [0.1, 0.15) is 0 Å². The Morgan fingerprint density at radius 1 is 1.35 bits per heavy atom. The van der Waals surface area contributed by atoms with Crippen molar-refractivity contribution in [2.24, 2.45) is 0 Å². The Kier molecular flexibility index (Phi) is 4.21. The van der Waals surface area contributed by atoms with Crippen molar-refractivity contribution in [3.8, 4) is 6.07 Å². The number of carbonyl (C=O) groups is 1. The molecule has 1 heterocycles. The number of urea groups is 1. The molecular weight excluding hydrogens is 218 g/mol. The Hall–Kier alpha value is -1.28. The lowest BCUT2D eigenvalue weighted by Gasteiger charge is -2.32. The van der Waals surface area contributed by atoms with Crippen LogP contribution in [-0.4, -0.2) is 42.8 Å². The molecule has 5 nitrogen and oxygen atoms in total. The number of ether oxygens (including phenoxy) is 1. The van der Waals surface area contributed by atoms with Crippen LogP contribution in [0, 0.1) is 11.3 Å². The second-order valence-corrected chi connectivity index (χ2v) is 4.72. The first-order chi connectivity index (χ1) is 8.29. The summed E-state index contributed by atoms with van der Waals surface area (Å²) in [6.07, 6.45) is 5.38. The SMILES string of the molecule is N#CC1CN(C(=O)NC2CCCCC2)CCO1. The maximum absolute atomic E-state index is 12.0. The summed E-state index contributed by atoms with van der Waals surface area (Å²) in [7, 11) is 0. The predicted octanol–water partition coefficient (Wildman–Crippen LogP) is 1.25. The fourth-order valence-corrected chi connectivity index (χ4v) is 2.42. The van der Waals surface area contributed by atoms with E-state index in [1.165, 1.54) is 19.3 Å². The van der Waals surface area contributed by atoms with E-state index in [4.69, 9.17) is 10.00 Å². The van der Waals surface area contributed by atoms with Crippen LogP contribution in [0.5, 0.6) is 0 Å². The fourth-order valence-electron chi connectivity index (χ4n) is 2.42. The predicted molar refractivity (Wildman–Crippen MR) is 62.3 cm³/mol. The number of nitrogens with one attached hydrogen (secondary N) is 1. The van der Waals surface area contributed by atoms with Crippen molar-refractivity contribution in [3.63, 3.8) is 0 Å². The van der Waals surface area contributed by atoms with Crippen molar-refractivity contribution in [2.45, 2.75) is 44.2 Å². The Morgan fingerprint density at radius 2 is 2.12 bits per heavy atom. The maximum atomic E-state index is 12.0. The number of nitriles is 1. The first-order valence-corrected chi connectivity index (χ1v) is 6.36. The van der Waals surface area contributed by atoms with Crippen LogP contribution in [0.4, 0.5) is 4.79 Å². The van der Waals surface area contributed by atoms with Crippen LogP contribution in [0.25, 0.3) is 0 Å². The number of carbonyl (C=O) groups excluding carboxylic acids is 1. The average molecular weight is 237 g/mol. The van der Waals surface area contributed by atoms with E-state index in [0.29, 0.717) is 25.7 Å². The van der Waals surface area contributed by atoms with Crippen LogP contribution < -0.4 is 5.32 Å². The minimum atomic E-state index is -0.471. The van der Waals surface area contributed by atoms with Gasteiger partial charge in [-0.15, -0.1) is 0 Å². The van der Waals surface area contributed by atoms with Crippen molar-refractivity contribution < 1.29 is 9.53 Å². The molecule has 1 saturated heterocycles. The molecule has 1 atom stereocenters. The molecule has 0 bridgehead atoms. The summed E-state index contributed by atoms with van der Waals surface area (Å²) in [6, 6.07) is 2.33. The largest absolute Gasteiger partial charge is 0.360 e. The molecule has 2 rings (SSSR count). The highest BCUT2D eigenvalue weighted by Crippen LogP contribution is 2.17. The zero-order valence-corrected chi connectivity index (χ0v) is 10.0. The lowest BCUT2D eigenvalue weighted by Crippen LogP contribution is -2.51. The number of morpholine rings is 1. The van der Waals surface area contributed by atoms with Gasteiger partial charge in [-0.2, -0.15) is 5.26 Å². The minimum Gasteiger partial charge on any atom is -0.360 e. The number of rotatable bonds is 1. The third-order valence-electron chi connectivity index (χ3n) is 3.43. The average Bonchev–Trinajstić information content (AvgIpc) is 2.40. The first-order valence-electron chi connectivity index (χ1n) is 6.36. The number of hydrogen-bond acceptors (Lipinski definition) is 3. The van der Waals surface area contributed by atoms with E-state index in [1.54, 1.807) is 4.90 Å². The van der Waals surface area contributed by atoms with Gasteiger partial charge in [0.05, 0.1) is 19.2 Å². The van der Waals surface area contributed by atoms with Gasteiger partial charge in [-0.3, -0.25) is 0 Å². The Labute approximate surface area is 102 Å². The summed E-state index contributed by atoms with van der Waals surface area (Å²) in [5, 5.41) is 11.8. The molecule has 2 amide bonds. The lowest BCUT2D eigenvalue weighted by molar-refractivity contribution is 0.0150. The second kappa shape index (κ2) is 5.87. The molecule has 17 heavy (non-hydrogen) atoms. The molecule has 1 aliphatic carbocycles. The van der Waals surface area contributed by atoms with Gasteiger partial charge < -0.3 is 15.0 Å². The molecule has 0 aromatic rings. The Morgan fingerprint density at radius 3 is 2.82 bits per heavy atom. The standard InChI is InChI=1S/C12H19N3O2/c13-8-11-9-15(6-7-17-11)12(16)14-10-4-2-1-3-5-10/h10-11H,1-7,9H2,(H,14,16). The van der Waals surface area contributed by atoms with Crippen LogP contribution >= 0.6 is 0 Å². The Balaban J connectivity index is 1.80. The summed E-state index contributed by atoms with van der Waals surface area (Å²) in [5.74, 6) is 0. The molecule has 1 unspecified atom stereocenters.